The number of carbonyl (C=O) groups is 1. The molecule has 1 unspecified atom stereocenters. The fraction of sp³-hybridized carbons (Fsp3) is 0.200. The lowest BCUT2D eigenvalue weighted by Gasteiger charge is -2.28. The molecule has 1 aromatic heterocycles. The van der Waals surface area contributed by atoms with E-state index in [1.807, 2.05) is 30.3 Å². The molecule has 0 amide bonds. The van der Waals surface area contributed by atoms with Gasteiger partial charge in [0.15, 0.2) is 28.4 Å². The standard InChI is InChI=1S/C35H28O9/c1-40-26-9-5-8-22(33(26)42-14-12-19-10-11-25-21(16-19)13-15-41-25)23-17-28(37)44-35-29(23)34-30(31(38)32(35)39)24(36)18-27(43-34)20-6-3-2-4-7-20/h2-11,16,18,23,38-39H,12-15,17H2,1H3. The molecule has 3 heterocycles. The molecule has 2 aliphatic rings. The summed E-state index contributed by atoms with van der Waals surface area (Å²) in [5.74, 6) is -1.07. The molecule has 44 heavy (non-hydrogen) atoms. The number of ether oxygens (including phenoxy) is 4. The summed E-state index contributed by atoms with van der Waals surface area (Å²) in [7, 11) is 1.53. The lowest BCUT2D eigenvalue weighted by molar-refractivity contribution is -0.135. The molecule has 0 saturated heterocycles. The predicted molar refractivity (Wildman–Crippen MR) is 161 cm³/mol. The third-order valence-corrected chi connectivity index (χ3v) is 8.10. The number of carbonyl (C=O) groups excluding carboxylic acids is 1. The summed E-state index contributed by atoms with van der Waals surface area (Å²) in [6.07, 6.45) is 1.34. The van der Waals surface area contributed by atoms with Crippen molar-refractivity contribution in [1.82, 2.24) is 0 Å². The highest BCUT2D eigenvalue weighted by molar-refractivity contribution is 5.96. The second kappa shape index (κ2) is 11.0. The van der Waals surface area contributed by atoms with Crippen LogP contribution in [0.15, 0.2) is 82.0 Å². The van der Waals surface area contributed by atoms with Crippen molar-refractivity contribution >= 4 is 16.9 Å². The van der Waals surface area contributed by atoms with Gasteiger partial charge in [-0.25, -0.2) is 0 Å². The maximum absolute atomic E-state index is 13.4. The quantitative estimate of drug-likeness (QED) is 0.135. The van der Waals surface area contributed by atoms with Crippen LogP contribution in [0.25, 0.3) is 22.3 Å². The molecule has 0 spiro atoms. The Kier molecular flexibility index (Phi) is 6.85. The number of benzene rings is 4. The Labute approximate surface area is 251 Å². The molecule has 2 aliphatic heterocycles. The van der Waals surface area contributed by atoms with Crippen LogP contribution < -0.4 is 24.4 Å². The maximum atomic E-state index is 13.4. The van der Waals surface area contributed by atoms with Crippen LogP contribution >= 0.6 is 0 Å². The molecular formula is C35H28O9. The van der Waals surface area contributed by atoms with E-state index in [1.54, 1.807) is 30.3 Å². The van der Waals surface area contributed by atoms with E-state index in [-0.39, 0.29) is 34.5 Å². The first-order chi connectivity index (χ1) is 21.4. The number of hydrogen-bond acceptors (Lipinski definition) is 9. The molecule has 0 bridgehead atoms. The van der Waals surface area contributed by atoms with Crippen LogP contribution in [0.2, 0.25) is 0 Å². The van der Waals surface area contributed by atoms with Crippen LogP contribution in [0.1, 0.15) is 34.6 Å². The van der Waals surface area contributed by atoms with E-state index < -0.39 is 28.8 Å². The number of phenols is 2. The smallest absolute Gasteiger partial charge is 0.312 e. The van der Waals surface area contributed by atoms with E-state index in [0.717, 1.165) is 17.7 Å². The third kappa shape index (κ3) is 4.66. The fourth-order valence-electron chi connectivity index (χ4n) is 6.01. The van der Waals surface area contributed by atoms with Gasteiger partial charge in [0.2, 0.25) is 5.75 Å². The summed E-state index contributed by atoms with van der Waals surface area (Å²) < 4.78 is 29.4. The molecular weight excluding hydrogens is 564 g/mol. The van der Waals surface area contributed by atoms with Gasteiger partial charge < -0.3 is 33.6 Å². The number of aromatic hydroxyl groups is 2. The molecule has 9 nitrogen and oxygen atoms in total. The van der Waals surface area contributed by atoms with Gasteiger partial charge in [-0.1, -0.05) is 54.6 Å². The SMILES string of the molecule is COc1cccc(C2CC(=O)Oc3c(O)c(O)c4c(=O)cc(-c5ccccc5)oc4c32)c1OCCc1ccc2c(c1)CCO2. The highest BCUT2D eigenvalue weighted by Gasteiger charge is 2.38. The van der Waals surface area contributed by atoms with Gasteiger partial charge in [-0.3, -0.25) is 9.59 Å². The highest BCUT2D eigenvalue weighted by Crippen LogP contribution is 2.54. The second-order valence-corrected chi connectivity index (χ2v) is 10.7. The molecule has 4 aromatic carbocycles. The number of phenolic OH excluding ortho intramolecular Hbond substituents is 2. The summed E-state index contributed by atoms with van der Waals surface area (Å²) in [4.78, 5) is 26.3. The van der Waals surface area contributed by atoms with Crippen molar-refractivity contribution < 1.29 is 38.4 Å². The average molecular weight is 593 g/mol. The number of fused-ring (bicyclic) bond motifs is 4. The van der Waals surface area contributed by atoms with Gasteiger partial charge in [0.25, 0.3) is 0 Å². The van der Waals surface area contributed by atoms with Crippen LogP contribution in [0, 0.1) is 0 Å². The lowest BCUT2D eigenvalue weighted by Crippen LogP contribution is -2.23. The Morgan fingerprint density at radius 3 is 2.61 bits per heavy atom. The van der Waals surface area contributed by atoms with E-state index in [9.17, 15) is 19.8 Å². The van der Waals surface area contributed by atoms with Crippen LogP contribution in [0.4, 0.5) is 0 Å². The second-order valence-electron chi connectivity index (χ2n) is 10.7. The van der Waals surface area contributed by atoms with Crippen molar-refractivity contribution in [2.75, 3.05) is 20.3 Å². The molecule has 5 aromatic rings. The van der Waals surface area contributed by atoms with Crippen molar-refractivity contribution in [2.45, 2.75) is 25.2 Å². The summed E-state index contributed by atoms with van der Waals surface area (Å²) in [6, 6.07) is 21.7. The zero-order valence-corrected chi connectivity index (χ0v) is 23.8. The molecule has 0 aliphatic carbocycles. The van der Waals surface area contributed by atoms with E-state index in [0.29, 0.717) is 42.3 Å². The molecule has 2 N–H and O–H groups in total. The Hall–Kier alpha value is -5.44. The van der Waals surface area contributed by atoms with Crippen molar-refractivity contribution in [3.05, 3.63) is 105 Å². The lowest BCUT2D eigenvalue weighted by atomic mass is 9.84. The first-order valence-corrected chi connectivity index (χ1v) is 14.3. The molecule has 9 heteroatoms. The zero-order chi connectivity index (χ0) is 30.4. The minimum atomic E-state index is -0.767. The van der Waals surface area contributed by atoms with Crippen LogP contribution in [0.3, 0.4) is 0 Å². The maximum Gasteiger partial charge on any atom is 0.312 e. The molecule has 7 rings (SSSR count). The van der Waals surface area contributed by atoms with Crippen molar-refractivity contribution in [3.8, 4) is 45.8 Å². The topological polar surface area (TPSA) is 125 Å². The molecule has 1 atom stereocenters. The molecule has 0 fully saturated rings. The van der Waals surface area contributed by atoms with Gasteiger partial charge in [0.1, 0.15) is 22.5 Å². The zero-order valence-electron chi connectivity index (χ0n) is 23.8. The van der Waals surface area contributed by atoms with Gasteiger partial charge in [-0.2, -0.15) is 0 Å². The summed E-state index contributed by atoms with van der Waals surface area (Å²) in [5, 5.41) is 21.6. The van der Waals surface area contributed by atoms with Crippen molar-refractivity contribution in [2.24, 2.45) is 0 Å². The minimum Gasteiger partial charge on any atom is -0.504 e. The molecule has 222 valence electrons. The normalized spacial score (nSPS) is 15.3. The van der Waals surface area contributed by atoms with Gasteiger partial charge in [0.05, 0.1) is 32.3 Å². The summed E-state index contributed by atoms with van der Waals surface area (Å²) in [6.45, 7) is 0.992. The van der Waals surface area contributed by atoms with Crippen molar-refractivity contribution in [1.29, 1.82) is 0 Å². The predicted octanol–water partition coefficient (Wildman–Crippen LogP) is 5.88. The van der Waals surface area contributed by atoms with E-state index >= 15 is 0 Å². The summed E-state index contributed by atoms with van der Waals surface area (Å²) >= 11 is 0. The Bertz CT molecular complexity index is 1980. The van der Waals surface area contributed by atoms with Crippen molar-refractivity contribution in [3.63, 3.8) is 0 Å². The highest BCUT2D eigenvalue weighted by atomic mass is 16.5. The first kappa shape index (κ1) is 27.4. The van der Waals surface area contributed by atoms with Gasteiger partial charge in [0, 0.05) is 36.0 Å². The average Bonchev–Trinajstić information content (AvgIpc) is 3.51. The Morgan fingerprint density at radius 1 is 0.955 bits per heavy atom. The van der Waals surface area contributed by atoms with E-state index in [1.165, 1.54) is 18.7 Å². The number of rotatable bonds is 7. The monoisotopic (exact) mass is 592 g/mol. The largest absolute Gasteiger partial charge is 0.504 e. The Balaban J connectivity index is 1.35. The first-order valence-electron chi connectivity index (χ1n) is 14.3. The van der Waals surface area contributed by atoms with Crippen LogP contribution in [-0.2, 0) is 17.6 Å². The van der Waals surface area contributed by atoms with Crippen LogP contribution in [-0.4, -0.2) is 36.5 Å². The number of hydrogen-bond donors (Lipinski definition) is 2. The molecule has 0 saturated carbocycles. The van der Waals surface area contributed by atoms with Crippen LogP contribution in [0.5, 0.6) is 34.5 Å². The van der Waals surface area contributed by atoms with Gasteiger partial charge in [-0.05, 0) is 23.3 Å². The fourth-order valence-corrected chi connectivity index (χ4v) is 6.01. The summed E-state index contributed by atoms with van der Waals surface area (Å²) in [5.41, 5.74) is 3.18. The molecule has 0 radical (unpaired) electrons. The van der Waals surface area contributed by atoms with E-state index in [2.05, 4.69) is 6.07 Å². The number of methoxy groups -OCH3 is 1. The van der Waals surface area contributed by atoms with Gasteiger partial charge >= 0.3 is 5.97 Å². The number of esters is 1. The van der Waals surface area contributed by atoms with E-state index in [4.69, 9.17) is 23.4 Å². The minimum absolute atomic E-state index is 0.00767. The third-order valence-electron chi connectivity index (χ3n) is 8.10. The Morgan fingerprint density at radius 2 is 1.80 bits per heavy atom. The van der Waals surface area contributed by atoms with Gasteiger partial charge in [-0.15, -0.1) is 0 Å². The number of para-hydroxylation sites is 1.